The first-order valence-corrected chi connectivity index (χ1v) is 11.5. The molecule has 1 aromatic heterocycles. The molecule has 2 aromatic carbocycles. The zero-order valence-electron chi connectivity index (χ0n) is 17.0. The summed E-state index contributed by atoms with van der Waals surface area (Å²) in [6.45, 7) is 3.68. The summed E-state index contributed by atoms with van der Waals surface area (Å²) in [6.07, 6.45) is 0. The topological polar surface area (TPSA) is 45.9 Å². The van der Waals surface area contributed by atoms with Crippen molar-refractivity contribution >= 4 is 52.3 Å². The highest BCUT2D eigenvalue weighted by Crippen LogP contribution is 2.28. The van der Waals surface area contributed by atoms with Crippen LogP contribution in [0.15, 0.2) is 52.9 Å². The minimum Gasteiger partial charge on any atom is -0.484 e. The third-order valence-electron chi connectivity index (χ3n) is 5.19. The molecule has 32 heavy (non-hydrogen) atoms. The first-order chi connectivity index (χ1) is 15.4. The number of piperazine rings is 1. The van der Waals surface area contributed by atoms with Crippen molar-refractivity contribution in [2.24, 2.45) is 0 Å². The number of benzene rings is 2. The summed E-state index contributed by atoms with van der Waals surface area (Å²) >= 11 is 24.1. The number of carbonyl (C=O) groups is 1. The molecule has 1 amide bonds. The van der Waals surface area contributed by atoms with Crippen LogP contribution in [-0.4, -0.2) is 41.9 Å². The highest BCUT2D eigenvalue weighted by Gasteiger charge is 2.24. The van der Waals surface area contributed by atoms with Gasteiger partial charge in [0.1, 0.15) is 18.1 Å². The van der Waals surface area contributed by atoms with E-state index in [4.69, 9.17) is 55.6 Å². The van der Waals surface area contributed by atoms with E-state index in [0.717, 1.165) is 25.2 Å². The van der Waals surface area contributed by atoms with E-state index in [1.807, 2.05) is 12.1 Å². The Labute approximate surface area is 206 Å². The van der Waals surface area contributed by atoms with Gasteiger partial charge in [-0.05, 0) is 48.0 Å². The van der Waals surface area contributed by atoms with E-state index in [1.165, 1.54) is 0 Å². The first-order valence-electron chi connectivity index (χ1n) is 10.0. The maximum Gasteiger partial charge on any atom is 0.289 e. The fourth-order valence-electron chi connectivity index (χ4n) is 3.47. The predicted molar refractivity (Wildman–Crippen MR) is 127 cm³/mol. The zero-order chi connectivity index (χ0) is 22.7. The molecule has 0 saturated carbocycles. The monoisotopic (exact) mass is 512 g/mol. The van der Waals surface area contributed by atoms with Crippen LogP contribution in [0.5, 0.6) is 5.75 Å². The molecule has 1 aliphatic heterocycles. The number of furan rings is 1. The maximum absolute atomic E-state index is 12.8. The van der Waals surface area contributed by atoms with Crippen LogP contribution >= 0.6 is 46.4 Å². The van der Waals surface area contributed by atoms with Gasteiger partial charge in [-0.2, -0.15) is 0 Å². The molecule has 9 heteroatoms. The van der Waals surface area contributed by atoms with Crippen LogP contribution < -0.4 is 4.74 Å². The molecule has 0 radical (unpaired) electrons. The fraction of sp³-hybridized carbons (Fsp3) is 0.261. The number of hydrogen-bond donors (Lipinski definition) is 0. The first kappa shape index (κ1) is 23.3. The van der Waals surface area contributed by atoms with Crippen LogP contribution in [0.2, 0.25) is 20.1 Å². The number of nitrogens with zero attached hydrogens (tertiary/aromatic N) is 2. The number of hydrogen-bond acceptors (Lipinski definition) is 4. The summed E-state index contributed by atoms with van der Waals surface area (Å²) in [7, 11) is 0. The largest absolute Gasteiger partial charge is 0.484 e. The molecule has 0 aliphatic carbocycles. The van der Waals surface area contributed by atoms with Gasteiger partial charge in [-0.25, -0.2) is 0 Å². The van der Waals surface area contributed by atoms with Gasteiger partial charge in [-0.1, -0.05) is 52.5 Å². The molecule has 168 valence electrons. The number of rotatable bonds is 6. The van der Waals surface area contributed by atoms with Crippen LogP contribution in [0.1, 0.15) is 21.9 Å². The molecule has 3 aromatic rings. The Morgan fingerprint density at radius 2 is 1.66 bits per heavy atom. The molecule has 0 atom stereocenters. The van der Waals surface area contributed by atoms with Crippen molar-refractivity contribution in [2.45, 2.75) is 13.2 Å². The minimum atomic E-state index is -0.130. The SMILES string of the molecule is O=C(c1ccc(COc2ccc(Cl)cc2Cl)o1)N1CCN(Cc2ccc(Cl)c(Cl)c2)CC1. The predicted octanol–water partition coefficient (Wildman–Crippen LogP) is 6.43. The van der Waals surface area contributed by atoms with E-state index in [2.05, 4.69) is 4.90 Å². The molecule has 1 saturated heterocycles. The molecule has 0 bridgehead atoms. The lowest BCUT2D eigenvalue weighted by atomic mass is 10.2. The third kappa shape index (κ3) is 5.72. The van der Waals surface area contributed by atoms with Gasteiger partial charge in [0.15, 0.2) is 5.76 Å². The molecular weight excluding hydrogens is 494 g/mol. The Morgan fingerprint density at radius 1 is 0.875 bits per heavy atom. The van der Waals surface area contributed by atoms with Crippen molar-refractivity contribution in [2.75, 3.05) is 26.2 Å². The Balaban J connectivity index is 1.28. The summed E-state index contributed by atoms with van der Waals surface area (Å²) in [5, 5.41) is 2.05. The van der Waals surface area contributed by atoms with Gasteiger partial charge < -0.3 is 14.1 Å². The summed E-state index contributed by atoms with van der Waals surface area (Å²) < 4.78 is 11.4. The lowest BCUT2D eigenvalue weighted by molar-refractivity contribution is 0.0594. The van der Waals surface area contributed by atoms with Gasteiger partial charge in [0, 0.05) is 37.7 Å². The number of halogens is 4. The highest BCUT2D eigenvalue weighted by molar-refractivity contribution is 6.42. The average molecular weight is 514 g/mol. The summed E-state index contributed by atoms with van der Waals surface area (Å²) in [5.41, 5.74) is 1.09. The molecule has 1 aliphatic rings. The van der Waals surface area contributed by atoms with Crippen LogP contribution in [0.25, 0.3) is 0 Å². The van der Waals surface area contributed by atoms with E-state index < -0.39 is 0 Å². The van der Waals surface area contributed by atoms with Gasteiger partial charge in [0.2, 0.25) is 0 Å². The average Bonchev–Trinajstić information content (AvgIpc) is 3.25. The normalized spacial score (nSPS) is 14.6. The quantitative estimate of drug-likeness (QED) is 0.381. The zero-order valence-corrected chi connectivity index (χ0v) is 20.0. The van der Waals surface area contributed by atoms with E-state index in [9.17, 15) is 4.79 Å². The van der Waals surface area contributed by atoms with E-state index in [0.29, 0.717) is 50.5 Å². The van der Waals surface area contributed by atoms with Crippen molar-refractivity contribution in [1.29, 1.82) is 0 Å². The molecule has 1 fully saturated rings. The second kappa shape index (κ2) is 10.4. The van der Waals surface area contributed by atoms with Gasteiger partial charge >= 0.3 is 0 Å². The smallest absolute Gasteiger partial charge is 0.289 e. The van der Waals surface area contributed by atoms with Crippen LogP contribution in [-0.2, 0) is 13.2 Å². The number of amides is 1. The Bertz CT molecular complexity index is 1110. The third-order valence-corrected chi connectivity index (χ3v) is 6.46. The molecule has 4 rings (SSSR count). The van der Waals surface area contributed by atoms with Crippen molar-refractivity contribution < 1.29 is 13.9 Å². The number of carbonyl (C=O) groups excluding carboxylic acids is 1. The van der Waals surface area contributed by atoms with Gasteiger partial charge in [0.05, 0.1) is 15.1 Å². The van der Waals surface area contributed by atoms with Gasteiger partial charge in [0.25, 0.3) is 5.91 Å². The van der Waals surface area contributed by atoms with E-state index in [1.54, 1.807) is 41.3 Å². The molecular formula is C23H20Cl4N2O3. The lowest BCUT2D eigenvalue weighted by Crippen LogP contribution is -2.48. The summed E-state index contributed by atoms with van der Waals surface area (Å²) in [6, 6.07) is 14.1. The minimum absolute atomic E-state index is 0.130. The van der Waals surface area contributed by atoms with Crippen LogP contribution in [0.4, 0.5) is 0 Å². The van der Waals surface area contributed by atoms with Gasteiger partial charge in [-0.15, -0.1) is 0 Å². The summed E-state index contributed by atoms with van der Waals surface area (Å²) in [4.78, 5) is 16.9. The Morgan fingerprint density at radius 3 is 2.38 bits per heavy atom. The fourth-order valence-corrected chi connectivity index (χ4v) is 4.26. The molecule has 0 spiro atoms. The second-order valence-electron chi connectivity index (χ2n) is 7.45. The molecule has 0 unspecified atom stereocenters. The van der Waals surface area contributed by atoms with E-state index >= 15 is 0 Å². The molecule has 5 nitrogen and oxygen atoms in total. The number of ether oxygens (including phenoxy) is 1. The standard InChI is InChI=1S/C23H20Cl4N2O3/c24-16-2-5-21(20(27)12-16)31-14-17-3-6-22(32-17)23(30)29-9-7-28(8-10-29)13-15-1-4-18(25)19(26)11-15/h1-6,11-12H,7-10,13-14H2. The Hall–Kier alpha value is -1.89. The molecule has 0 N–H and O–H groups in total. The lowest BCUT2D eigenvalue weighted by Gasteiger charge is -2.34. The van der Waals surface area contributed by atoms with Crippen LogP contribution in [0, 0.1) is 0 Å². The Kier molecular flexibility index (Phi) is 7.54. The van der Waals surface area contributed by atoms with Crippen molar-refractivity contribution in [3.05, 3.63) is 85.7 Å². The molecule has 2 heterocycles. The van der Waals surface area contributed by atoms with Crippen molar-refractivity contribution in [3.8, 4) is 5.75 Å². The van der Waals surface area contributed by atoms with Crippen molar-refractivity contribution in [1.82, 2.24) is 9.80 Å². The van der Waals surface area contributed by atoms with Crippen molar-refractivity contribution in [3.63, 3.8) is 0 Å². The van der Waals surface area contributed by atoms with Crippen LogP contribution in [0.3, 0.4) is 0 Å². The highest BCUT2D eigenvalue weighted by atomic mass is 35.5. The second-order valence-corrected chi connectivity index (χ2v) is 9.10. The summed E-state index contributed by atoms with van der Waals surface area (Å²) in [5.74, 6) is 1.20. The van der Waals surface area contributed by atoms with E-state index in [-0.39, 0.29) is 12.5 Å². The maximum atomic E-state index is 12.8. The van der Waals surface area contributed by atoms with Gasteiger partial charge in [-0.3, -0.25) is 9.69 Å².